The van der Waals surface area contributed by atoms with Gasteiger partial charge in [-0.05, 0) is 29.3 Å². The van der Waals surface area contributed by atoms with Crippen LogP contribution in [0.2, 0.25) is 0 Å². The molecule has 1 N–H and O–H groups in total. The molecule has 0 aliphatic rings. The first-order valence-electron chi connectivity index (χ1n) is 9.48. The van der Waals surface area contributed by atoms with Crippen LogP contribution < -0.4 is 5.43 Å². The molecule has 30 heavy (non-hydrogen) atoms. The van der Waals surface area contributed by atoms with E-state index < -0.39 is 0 Å². The minimum Gasteiger partial charge on any atom is -0.319 e. The van der Waals surface area contributed by atoms with E-state index in [9.17, 15) is 0 Å². The Bertz CT molecular complexity index is 1340. The highest BCUT2D eigenvalue weighted by atomic mass is 79.9. The van der Waals surface area contributed by atoms with Crippen molar-refractivity contribution in [3.8, 4) is 0 Å². The van der Waals surface area contributed by atoms with Gasteiger partial charge in [0.1, 0.15) is 5.52 Å². The molecule has 0 bridgehead atoms. The molecular weight excluding hydrogens is 440 g/mol. The zero-order valence-electron chi connectivity index (χ0n) is 15.9. The van der Waals surface area contributed by atoms with Crippen LogP contribution in [-0.4, -0.2) is 26.0 Å². The number of nitrogens with one attached hydrogen (secondary N) is 1. The van der Waals surface area contributed by atoms with Gasteiger partial charge in [-0.25, -0.2) is 5.43 Å². The second kappa shape index (κ2) is 8.04. The molecule has 5 rings (SSSR count). The van der Waals surface area contributed by atoms with Crippen molar-refractivity contribution in [3.05, 3.63) is 94.5 Å². The standard InChI is InChI=1S/C23H17BrN6/c24-18-12-10-16(11-13-18)14-25-28-23-26-22-21(27-29-23)19-8-4-5-9-20(19)30(22)15-17-6-2-1-3-7-17/h1-14H,15H2,(H,26,28,29)/b25-14-. The molecule has 0 saturated carbocycles. The molecule has 6 nitrogen and oxygen atoms in total. The average Bonchev–Trinajstić information content (AvgIpc) is 3.09. The Kier molecular flexibility index (Phi) is 4.94. The maximum atomic E-state index is 4.71. The Balaban J connectivity index is 1.51. The molecule has 146 valence electrons. The van der Waals surface area contributed by atoms with E-state index >= 15 is 0 Å². The van der Waals surface area contributed by atoms with Crippen molar-refractivity contribution in [2.75, 3.05) is 5.43 Å². The zero-order valence-corrected chi connectivity index (χ0v) is 17.5. The van der Waals surface area contributed by atoms with Crippen LogP contribution in [0.4, 0.5) is 5.95 Å². The summed E-state index contributed by atoms with van der Waals surface area (Å²) in [5.74, 6) is 0.355. The third kappa shape index (κ3) is 3.67. The summed E-state index contributed by atoms with van der Waals surface area (Å²) in [5.41, 5.74) is 7.69. The number of halogens is 1. The number of para-hydroxylation sites is 1. The topological polar surface area (TPSA) is 68.0 Å². The van der Waals surface area contributed by atoms with Crippen LogP contribution in [0.15, 0.2) is 88.4 Å². The van der Waals surface area contributed by atoms with Crippen LogP contribution in [0.5, 0.6) is 0 Å². The Hall–Kier alpha value is -3.58. The lowest BCUT2D eigenvalue weighted by Gasteiger charge is -2.07. The van der Waals surface area contributed by atoms with Crippen molar-refractivity contribution in [2.24, 2.45) is 5.10 Å². The summed E-state index contributed by atoms with van der Waals surface area (Å²) < 4.78 is 3.19. The smallest absolute Gasteiger partial charge is 0.265 e. The number of nitrogens with zero attached hydrogens (tertiary/aromatic N) is 5. The number of hydrogen-bond acceptors (Lipinski definition) is 5. The third-order valence-electron chi connectivity index (χ3n) is 4.81. The van der Waals surface area contributed by atoms with Crippen molar-refractivity contribution >= 4 is 50.2 Å². The van der Waals surface area contributed by atoms with E-state index in [1.165, 1.54) is 5.56 Å². The van der Waals surface area contributed by atoms with Gasteiger partial charge in [-0.2, -0.15) is 10.1 Å². The number of hydrogen-bond donors (Lipinski definition) is 1. The zero-order chi connectivity index (χ0) is 20.3. The summed E-state index contributed by atoms with van der Waals surface area (Å²) in [6.45, 7) is 0.700. The molecule has 0 saturated heterocycles. The van der Waals surface area contributed by atoms with Gasteiger partial charge in [0.25, 0.3) is 5.95 Å². The fourth-order valence-electron chi connectivity index (χ4n) is 3.39. The van der Waals surface area contributed by atoms with Crippen LogP contribution in [-0.2, 0) is 6.54 Å². The third-order valence-corrected chi connectivity index (χ3v) is 5.33. The second-order valence-electron chi connectivity index (χ2n) is 6.82. The fraction of sp³-hybridized carbons (Fsp3) is 0.0435. The van der Waals surface area contributed by atoms with E-state index in [2.05, 4.69) is 59.4 Å². The molecule has 0 aliphatic carbocycles. The molecule has 0 unspecified atom stereocenters. The largest absolute Gasteiger partial charge is 0.319 e. The highest BCUT2D eigenvalue weighted by molar-refractivity contribution is 9.10. The van der Waals surface area contributed by atoms with E-state index in [4.69, 9.17) is 4.98 Å². The molecule has 5 aromatic rings. The normalized spacial score (nSPS) is 11.5. The fourth-order valence-corrected chi connectivity index (χ4v) is 3.65. The molecule has 2 aromatic heterocycles. The van der Waals surface area contributed by atoms with Gasteiger partial charge in [-0.3, -0.25) is 0 Å². The number of hydrazone groups is 1. The van der Waals surface area contributed by atoms with E-state index in [-0.39, 0.29) is 0 Å². The van der Waals surface area contributed by atoms with E-state index in [0.717, 1.165) is 32.1 Å². The summed E-state index contributed by atoms with van der Waals surface area (Å²) in [6.07, 6.45) is 1.72. The molecule has 2 heterocycles. The Morgan fingerprint density at radius 3 is 2.50 bits per heavy atom. The van der Waals surface area contributed by atoms with Gasteiger partial charge in [0, 0.05) is 16.4 Å². The van der Waals surface area contributed by atoms with E-state index in [1.807, 2.05) is 60.7 Å². The Labute approximate surface area is 181 Å². The van der Waals surface area contributed by atoms with Crippen molar-refractivity contribution in [3.63, 3.8) is 0 Å². The maximum absolute atomic E-state index is 4.71. The molecule has 7 heteroatoms. The van der Waals surface area contributed by atoms with Gasteiger partial charge >= 0.3 is 0 Å². The molecule has 0 atom stereocenters. The quantitative estimate of drug-likeness (QED) is 0.290. The SMILES string of the molecule is Brc1ccc(/C=N\Nc2nnc3c4ccccc4n(Cc4ccccc4)c3n2)cc1. The minimum atomic E-state index is 0.355. The van der Waals surface area contributed by atoms with Crippen molar-refractivity contribution < 1.29 is 0 Å². The summed E-state index contributed by atoms with van der Waals surface area (Å²) in [4.78, 5) is 4.71. The molecule has 3 aromatic carbocycles. The van der Waals surface area contributed by atoms with Crippen LogP contribution in [0, 0.1) is 0 Å². The van der Waals surface area contributed by atoms with Gasteiger partial charge in [0.05, 0.1) is 11.7 Å². The second-order valence-corrected chi connectivity index (χ2v) is 7.73. The van der Waals surface area contributed by atoms with Crippen LogP contribution in [0.1, 0.15) is 11.1 Å². The molecule has 0 aliphatic heterocycles. The average molecular weight is 457 g/mol. The lowest BCUT2D eigenvalue weighted by atomic mass is 10.2. The number of rotatable bonds is 5. The first kappa shape index (κ1) is 18.4. The first-order chi connectivity index (χ1) is 14.8. The molecular formula is C23H17BrN6. The van der Waals surface area contributed by atoms with Crippen molar-refractivity contribution in [2.45, 2.75) is 6.54 Å². The van der Waals surface area contributed by atoms with E-state index in [1.54, 1.807) is 6.21 Å². The number of benzene rings is 3. The van der Waals surface area contributed by atoms with Gasteiger partial charge in [-0.15, -0.1) is 10.2 Å². The predicted octanol–water partition coefficient (Wildman–Crippen LogP) is 5.24. The van der Waals surface area contributed by atoms with Crippen LogP contribution in [0.3, 0.4) is 0 Å². The molecule has 0 fully saturated rings. The Morgan fingerprint density at radius 1 is 0.900 bits per heavy atom. The monoisotopic (exact) mass is 456 g/mol. The number of fused-ring (bicyclic) bond motifs is 3. The van der Waals surface area contributed by atoms with E-state index in [0.29, 0.717) is 12.5 Å². The summed E-state index contributed by atoms with van der Waals surface area (Å²) in [7, 11) is 0. The lowest BCUT2D eigenvalue weighted by Crippen LogP contribution is -2.04. The minimum absolute atomic E-state index is 0.355. The van der Waals surface area contributed by atoms with Gasteiger partial charge in [-0.1, -0.05) is 76.6 Å². The highest BCUT2D eigenvalue weighted by Crippen LogP contribution is 2.27. The maximum Gasteiger partial charge on any atom is 0.265 e. The highest BCUT2D eigenvalue weighted by Gasteiger charge is 2.14. The van der Waals surface area contributed by atoms with Crippen LogP contribution in [0.25, 0.3) is 22.1 Å². The lowest BCUT2D eigenvalue weighted by molar-refractivity contribution is 0.848. The predicted molar refractivity (Wildman–Crippen MR) is 124 cm³/mol. The van der Waals surface area contributed by atoms with Crippen molar-refractivity contribution in [1.82, 2.24) is 19.7 Å². The van der Waals surface area contributed by atoms with Crippen LogP contribution >= 0.6 is 15.9 Å². The molecule has 0 spiro atoms. The van der Waals surface area contributed by atoms with Gasteiger partial charge < -0.3 is 4.57 Å². The summed E-state index contributed by atoms with van der Waals surface area (Å²) in [5, 5.41) is 13.9. The van der Waals surface area contributed by atoms with Crippen molar-refractivity contribution in [1.29, 1.82) is 0 Å². The molecule has 0 amide bonds. The number of anilines is 1. The molecule has 0 radical (unpaired) electrons. The summed E-state index contributed by atoms with van der Waals surface area (Å²) in [6, 6.07) is 26.3. The first-order valence-corrected chi connectivity index (χ1v) is 10.3. The van der Waals surface area contributed by atoms with Gasteiger partial charge in [0.2, 0.25) is 0 Å². The Morgan fingerprint density at radius 2 is 1.67 bits per heavy atom. The number of aromatic nitrogens is 4. The van der Waals surface area contributed by atoms with Gasteiger partial charge in [0.15, 0.2) is 5.65 Å². The summed E-state index contributed by atoms with van der Waals surface area (Å²) >= 11 is 3.43.